The van der Waals surface area contributed by atoms with Crippen LogP contribution >= 0.6 is 0 Å². The van der Waals surface area contributed by atoms with Gasteiger partial charge in [-0.1, -0.05) is 0 Å². The zero-order valence-corrected chi connectivity index (χ0v) is 8.42. The molecule has 0 unspecified atom stereocenters. The van der Waals surface area contributed by atoms with Gasteiger partial charge >= 0.3 is 16.4 Å². The van der Waals surface area contributed by atoms with Gasteiger partial charge in [0.15, 0.2) is 6.10 Å². The summed E-state index contributed by atoms with van der Waals surface area (Å²) in [5.41, 5.74) is 0. The molecule has 0 aromatic rings. The Kier molecular flexibility index (Phi) is 3.38. The second-order valence-electron chi connectivity index (χ2n) is 2.80. The highest BCUT2D eigenvalue weighted by atomic mass is 32.3. The highest BCUT2D eigenvalue weighted by Crippen LogP contribution is 2.25. The molecule has 9 nitrogen and oxygen atoms in total. The predicted octanol–water partition coefficient (Wildman–Crippen LogP) is -2.15. The Hall–Kier alpha value is -1.36. The third kappa shape index (κ3) is 2.61. The summed E-state index contributed by atoms with van der Waals surface area (Å²) in [5.74, 6) is -3.51. The van der Waals surface area contributed by atoms with Crippen LogP contribution < -0.4 is 0 Å². The van der Waals surface area contributed by atoms with Crippen molar-refractivity contribution in [2.24, 2.45) is 0 Å². The molecule has 0 amide bonds. The van der Waals surface area contributed by atoms with Crippen molar-refractivity contribution >= 4 is 16.4 Å². The van der Waals surface area contributed by atoms with Crippen LogP contribution in [-0.4, -0.2) is 53.1 Å². The van der Waals surface area contributed by atoms with Gasteiger partial charge in [0, 0.05) is 0 Å². The molecule has 2 atom stereocenters. The molecule has 0 saturated heterocycles. The maximum absolute atomic E-state index is 10.8. The fraction of sp³-hybridized carbons (Fsp3) is 0.500. The van der Waals surface area contributed by atoms with E-state index in [9.17, 15) is 13.2 Å². The monoisotopic (exact) mass is 256 g/mol. The van der Waals surface area contributed by atoms with E-state index in [-0.39, 0.29) is 0 Å². The summed E-state index contributed by atoms with van der Waals surface area (Å²) in [5, 5.41) is 26.7. The Bertz CT molecular complexity index is 421. The van der Waals surface area contributed by atoms with E-state index in [1.807, 2.05) is 0 Å². The van der Waals surface area contributed by atoms with Crippen LogP contribution in [0, 0.1) is 0 Å². The average molecular weight is 256 g/mol. The third-order valence-electron chi connectivity index (χ3n) is 1.65. The molecule has 0 bridgehead atoms. The molecule has 16 heavy (non-hydrogen) atoms. The average Bonchev–Trinajstić information content (AvgIpc) is 2.43. The fourth-order valence-corrected chi connectivity index (χ4v) is 1.41. The van der Waals surface area contributed by atoms with Gasteiger partial charge in [-0.05, 0) is 0 Å². The molecule has 0 aromatic carbocycles. The third-order valence-corrected chi connectivity index (χ3v) is 2.04. The Labute approximate surface area is 89.5 Å². The van der Waals surface area contributed by atoms with Gasteiger partial charge in [-0.2, -0.15) is 8.42 Å². The zero-order chi connectivity index (χ0) is 12.5. The van der Waals surface area contributed by atoms with Crippen LogP contribution in [-0.2, 0) is 24.1 Å². The summed E-state index contributed by atoms with van der Waals surface area (Å²) in [6.07, 6.45) is -3.38. The Balaban J connectivity index is 3.03. The standard InChI is InChI=1S/C6H8O9S/c7-1-2(8)4-5(15-16(11,12)13)3(9)6(10)14-4/h2,4,7-9H,1H2,(H,11,12,13)/t2-,4+/m0/s1. The van der Waals surface area contributed by atoms with E-state index in [1.54, 1.807) is 0 Å². The molecule has 0 aliphatic carbocycles. The van der Waals surface area contributed by atoms with Gasteiger partial charge in [-0.3, -0.25) is 4.55 Å². The van der Waals surface area contributed by atoms with Crippen molar-refractivity contribution < 1.29 is 42.0 Å². The van der Waals surface area contributed by atoms with Crippen molar-refractivity contribution in [1.29, 1.82) is 0 Å². The van der Waals surface area contributed by atoms with Gasteiger partial charge in [0.1, 0.15) is 6.10 Å². The lowest BCUT2D eigenvalue weighted by Gasteiger charge is -2.16. The maximum Gasteiger partial charge on any atom is 0.446 e. The topological polar surface area (TPSA) is 151 Å². The molecular weight excluding hydrogens is 248 g/mol. The van der Waals surface area contributed by atoms with E-state index in [2.05, 4.69) is 8.92 Å². The van der Waals surface area contributed by atoms with Crippen molar-refractivity contribution in [3.63, 3.8) is 0 Å². The summed E-state index contributed by atoms with van der Waals surface area (Å²) in [6.45, 7) is -0.871. The Morgan fingerprint density at radius 2 is 2.06 bits per heavy atom. The number of esters is 1. The Morgan fingerprint density at radius 3 is 2.50 bits per heavy atom. The maximum atomic E-state index is 10.8. The molecule has 1 rings (SSSR count). The molecular formula is C6H8O9S. The van der Waals surface area contributed by atoms with Crippen LogP contribution in [0.4, 0.5) is 0 Å². The quantitative estimate of drug-likeness (QED) is 0.326. The first-order valence-corrected chi connectivity index (χ1v) is 5.22. The van der Waals surface area contributed by atoms with Gasteiger partial charge in [-0.15, -0.1) is 0 Å². The molecule has 1 aliphatic rings. The molecule has 0 aromatic heterocycles. The molecule has 0 saturated carbocycles. The van der Waals surface area contributed by atoms with Crippen LogP contribution in [0.15, 0.2) is 11.5 Å². The number of aliphatic hydroxyl groups is 3. The summed E-state index contributed by atoms with van der Waals surface area (Å²) in [6, 6.07) is 0. The molecule has 1 aliphatic heterocycles. The number of rotatable bonds is 4. The smallest absolute Gasteiger partial charge is 0.446 e. The summed E-state index contributed by atoms with van der Waals surface area (Å²) in [4.78, 5) is 10.8. The molecule has 0 radical (unpaired) electrons. The number of hydrogen-bond acceptors (Lipinski definition) is 8. The van der Waals surface area contributed by atoms with Gasteiger partial charge in [0.25, 0.3) is 0 Å². The summed E-state index contributed by atoms with van der Waals surface area (Å²) in [7, 11) is -4.98. The van der Waals surface area contributed by atoms with E-state index in [0.717, 1.165) is 0 Å². The van der Waals surface area contributed by atoms with Crippen molar-refractivity contribution in [2.75, 3.05) is 6.61 Å². The second kappa shape index (κ2) is 4.25. The SMILES string of the molecule is O=C1O[C@H]([C@@H](O)CO)C(OS(=O)(=O)O)=C1O. The summed E-state index contributed by atoms with van der Waals surface area (Å²) < 4.78 is 37.3. The van der Waals surface area contributed by atoms with Crippen molar-refractivity contribution in [1.82, 2.24) is 0 Å². The first-order valence-electron chi connectivity index (χ1n) is 3.86. The molecule has 0 fully saturated rings. The van der Waals surface area contributed by atoms with Gasteiger partial charge in [0.2, 0.25) is 11.5 Å². The minimum atomic E-state index is -4.98. The van der Waals surface area contributed by atoms with E-state index in [4.69, 9.17) is 19.9 Å². The lowest BCUT2D eigenvalue weighted by Crippen LogP contribution is -2.33. The van der Waals surface area contributed by atoms with Crippen molar-refractivity contribution in [2.45, 2.75) is 12.2 Å². The second-order valence-corrected chi connectivity index (χ2v) is 3.82. The minimum Gasteiger partial charge on any atom is -0.499 e. The highest BCUT2D eigenvalue weighted by molar-refractivity contribution is 7.81. The number of cyclic esters (lactones) is 1. The zero-order valence-electron chi connectivity index (χ0n) is 7.60. The summed E-state index contributed by atoms with van der Waals surface area (Å²) >= 11 is 0. The van der Waals surface area contributed by atoms with Crippen LogP contribution in [0.1, 0.15) is 0 Å². The normalized spacial score (nSPS) is 23.2. The van der Waals surface area contributed by atoms with Gasteiger partial charge in [-0.25, -0.2) is 4.79 Å². The minimum absolute atomic E-state index is 0.871. The van der Waals surface area contributed by atoms with E-state index in [1.165, 1.54) is 0 Å². The van der Waals surface area contributed by atoms with E-state index in [0.29, 0.717) is 0 Å². The number of carbonyl (C=O) groups excluding carboxylic acids is 1. The van der Waals surface area contributed by atoms with Crippen LogP contribution in [0.2, 0.25) is 0 Å². The Morgan fingerprint density at radius 1 is 1.50 bits per heavy atom. The number of aliphatic hydroxyl groups excluding tert-OH is 3. The molecule has 0 spiro atoms. The van der Waals surface area contributed by atoms with E-state index < -0.39 is 46.7 Å². The largest absolute Gasteiger partial charge is 0.499 e. The van der Waals surface area contributed by atoms with Gasteiger partial charge < -0.3 is 24.2 Å². The molecule has 1 heterocycles. The number of carbonyl (C=O) groups is 1. The van der Waals surface area contributed by atoms with Gasteiger partial charge in [0.05, 0.1) is 6.61 Å². The first kappa shape index (κ1) is 12.7. The predicted molar refractivity (Wildman–Crippen MR) is 45.3 cm³/mol. The fourth-order valence-electron chi connectivity index (χ4n) is 1.01. The number of ether oxygens (including phenoxy) is 1. The van der Waals surface area contributed by atoms with Crippen molar-refractivity contribution in [3.8, 4) is 0 Å². The number of hydrogen-bond donors (Lipinski definition) is 4. The van der Waals surface area contributed by atoms with Crippen LogP contribution in [0.3, 0.4) is 0 Å². The molecule has 4 N–H and O–H groups in total. The first-order chi connectivity index (χ1) is 7.26. The molecule has 10 heteroatoms. The van der Waals surface area contributed by atoms with Crippen LogP contribution in [0.25, 0.3) is 0 Å². The highest BCUT2D eigenvalue weighted by Gasteiger charge is 2.42. The molecule has 92 valence electrons. The van der Waals surface area contributed by atoms with Crippen molar-refractivity contribution in [3.05, 3.63) is 11.5 Å². The van der Waals surface area contributed by atoms with E-state index >= 15 is 0 Å². The van der Waals surface area contributed by atoms with Crippen LogP contribution in [0.5, 0.6) is 0 Å². The lowest BCUT2D eigenvalue weighted by atomic mass is 10.2. The lowest BCUT2D eigenvalue weighted by molar-refractivity contribution is -0.147.